The van der Waals surface area contributed by atoms with Crippen LogP contribution in [0.2, 0.25) is 0 Å². The molecule has 0 amide bonds. The zero-order chi connectivity index (χ0) is 16.7. The van der Waals surface area contributed by atoms with Gasteiger partial charge < -0.3 is 9.88 Å². The van der Waals surface area contributed by atoms with Gasteiger partial charge in [0.2, 0.25) is 0 Å². The van der Waals surface area contributed by atoms with Gasteiger partial charge >= 0.3 is 0 Å². The first-order chi connectivity index (χ1) is 11.1. The average Bonchev–Trinajstić information content (AvgIpc) is 2.93. The molecule has 2 nitrogen and oxygen atoms in total. The molecule has 1 heterocycles. The summed E-state index contributed by atoms with van der Waals surface area (Å²) in [4.78, 5) is 6.05. The topological polar surface area (TPSA) is 19.0 Å². The zero-order valence-corrected chi connectivity index (χ0v) is 15.3. The number of nitrogens with one attached hydrogen (secondary N) is 1. The molecule has 0 saturated carbocycles. The highest BCUT2D eigenvalue weighted by molar-refractivity contribution is 5.83. The van der Waals surface area contributed by atoms with E-state index in [0.717, 1.165) is 19.4 Å². The van der Waals surface area contributed by atoms with Crippen LogP contribution >= 0.6 is 0 Å². The van der Waals surface area contributed by atoms with Gasteiger partial charge in [0.15, 0.2) is 0 Å². The Labute approximate surface area is 141 Å². The normalized spacial score (nSPS) is 11.3. The molecule has 0 aliphatic rings. The van der Waals surface area contributed by atoms with Crippen LogP contribution in [0.25, 0.3) is 10.9 Å². The molecule has 0 atom stereocenters. The molecule has 0 aliphatic carbocycles. The zero-order valence-electron chi connectivity index (χ0n) is 15.3. The van der Waals surface area contributed by atoms with Crippen LogP contribution in [0.4, 0.5) is 0 Å². The number of allylic oxidation sites excluding steroid dienone is 2. The van der Waals surface area contributed by atoms with E-state index in [-0.39, 0.29) is 0 Å². The minimum absolute atomic E-state index is 1.02. The van der Waals surface area contributed by atoms with Crippen molar-refractivity contribution in [1.29, 1.82) is 0 Å². The first kappa shape index (κ1) is 17.8. The van der Waals surface area contributed by atoms with Crippen LogP contribution in [0.5, 0.6) is 0 Å². The van der Waals surface area contributed by atoms with Crippen molar-refractivity contribution in [3.63, 3.8) is 0 Å². The first-order valence-electron chi connectivity index (χ1n) is 9.08. The van der Waals surface area contributed by atoms with Gasteiger partial charge in [0.1, 0.15) is 0 Å². The lowest BCUT2D eigenvalue weighted by molar-refractivity contribution is 0.278. The lowest BCUT2D eigenvalue weighted by Crippen LogP contribution is -2.27. The maximum atomic E-state index is 3.46. The Kier molecular flexibility index (Phi) is 6.91. The fourth-order valence-corrected chi connectivity index (χ4v) is 3.14. The lowest BCUT2D eigenvalue weighted by Gasteiger charge is -2.20. The minimum atomic E-state index is 1.02. The van der Waals surface area contributed by atoms with E-state index in [4.69, 9.17) is 0 Å². The third-order valence-electron chi connectivity index (χ3n) is 4.35. The SMILES string of the molecule is CCCN(CCC)CCc1c[nH]c2cc(CC=C(C)C)ccc12. The molecule has 0 saturated heterocycles. The quantitative estimate of drug-likeness (QED) is 0.619. The summed E-state index contributed by atoms with van der Waals surface area (Å²) in [5.74, 6) is 0. The first-order valence-corrected chi connectivity index (χ1v) is 9.08. The second-order valence-electron chi connectivity index (χ2n) is 6.77. The van der Waals surface area contributed by atoms with Gasteiger partial charge in [0.25, 0.3) is 0 Å². The molecule has 126 valence electrons. The summed E-state index contributed by atoms with van der Waals surface area (Å²) in [6.45, 7) is 12.4. The van der Waals surface area contributed by atoms with Crippen LogP contribution in [0.3, 0.4) is 0 Å². The third-order valence-corrected chi connectivity index (χ3v) is 4.35. The van der Waals surface area contributed by atoms with Crippen LogP contribution in [0.15, 0.2) is 36.0 Å². The largest absolute Gasteiger partial charge is 0.361 e. The van der Waals surface area contributed by atoms with Gasteiger partial charge in [-0.15, -0.1) is 0 Å². The van der Waals surface area contributed by atoms with E-state index in [9.17, 15) is 0 Å². The standard InChI is InChI=1S/C21H32N2/c1-5-12-23(13-6-2)14-11-19-16-22-21-15-18(8-7-17(3)4)9-10-20(19)21/h7,9-10,15-16,22H,5-6,8,11-14H2,1-4H3. The fraction of sp³-hybridized carbons (Fsp3) is 0.524. The van der Waals surface area contributed by atoms with Crippen LogP contribution in [-0.4, -0.2) is 29.5 Å². The van der Waals surface area contributed by atoms with E-state index in [2.05, 4.69) is 68.1 Å². The Morgan fingerprint density at radius 3 is 2.48 bits per heavy atom. The van der Waals surface area contributed by atoms with Gasteiger partial charge in [-0.3, -0.25) is 0 Å². The summed E-state index contributed by atoms with van der Waals surface area (Å²) < 4.78 is 0. The maximum absolute atomic E-state index is 3.46. The van der Waals surface area contributed by atoms with Crippen molar-refractivity contribution in [2.24, 2.45) is 0 Å². The molecule has 2 rings (SSSR count). The Hall–Kier alpha value is -1.54. The van der Waals surface area contributed by atoms with E-state index < -0.39 is 0 Å². The Morgan fingerprint density at radius 2 is 1.83 bits per heavy atom. The fourth-order valence-electron chi connectivity index (χ4n) is 3.14. The maximum Gasteiger partial charge on any atom is 0.0459 e. The van der Waals surface area contributed by atoms with Crippen LogP contribution in [0, 0.1) is 0 Å². The van der Waals surface area contributed by atoms with Crippen molar-refractivity contribution >= 4 is 10.9 Å². The number of hydrogen-bond acceptors (Lipinski definition) is 1. The van der Waals surface area contributed by atoms with E-state index in [1.807, 2.05) is 0 Å². The van der Waals surface area contributed by atoms with Crippen molar-refractivity contribution in [3.05, 3.63) is 47.2 Å². The van der Waals surface area contributed by atoms with Crippen LogP contribution in [0.1, 0.15) is 51.7 Å². The van der Waals surface area contributed by atoms with E-state index in [0.29, 0.717) is 0 Å². The predicted octanol–water partition coefficient (Wildman–Crippen LogP) is 5.34. The van der Waals surface area contributed by atoms with Gasteiger partial charge in [-0.25, -0.2) is 0 Å². The van der Waals surface area contributed by atoms with Crippen molar-refractivity contribution in [2.45, 2.75) is 53.4 Å². The number of fused-ring (bicyclic) bond motifs is 1. The van der Waals surface area contributed by atoms with E-state index in [1.54, 1.807) is 0 Å². The van der Waals surface area contributed by atoms with Gasteiger partial charge in [-0.2, -0.15) is 0 Å². The number of hydrogen-bond donors (Lipinski definition) is 1. The summed E-state index contributed by atoms with van der Waals surface area (Å²) in [5.41, 5.74) is 5.48. The van der Waals surface area contributed by atoms with Crippen molar-refractivity contribution in [3.8, 4) is 0 Å². The molecule has 2 aromatic rings. The molecule has 2 heteroatoms. The summed E-state index contributed by atoms with van der Waals surface area (Å²) in [6, 6.07) is 6.86. The Bertz CT molecular complexity index is 626. The second-order valence-corrected chi connectivity index (χ2v) is 6.77. The third kappa shape index (κ3) is 5.24. The minimum Gasteiger partial charge on any atom is -0.361 e. The second kappa shape index (κ2) is 8.93. The lowest BCUT2D eigenvalue weighted by atomic mass is 10.1. The molecule has 1 N–H and O–H groups in total. The number of rotatable bonds is 9. The number of H-pyrrole nitrogens is 1. The number of nitrogens with zero attached hydrogens (tertiary/aromatic N) is 1. The molecule has 0 fully saturated rings. The number of aromatic amines is 1. The monoisotopic (exact) mass is 312 g/mol. The summed E-state index contributed by atoms with van der Waals surface area (Å²) in [5, 5.41) is 1.39. The molecular weight excluding hydrogens is 280 g/mol. The van der Waals surface area contributed by atoms with Crippen LogP contribution < -0.4 is 0 Å². The molecule has 0 aliphatic heterocycles. The summed E-state index contributed by atoms with van der Waals surface area (Å²) in [6.07, 6.45) is 9.12. The smallest absolute Gasteiger partial charge is 0.0459 e. The Morgan fingerprint density at radius 1 is 1.09 bits per heavy atom. The molecule has 0 unspecified atom stereocenters. The summed E-state index contributed by atoms with van der Waals surface area (Å²) >= 11 is 0. The highest BCUT2D eigenvalue weighted by atomic mass is 15.1. The number of benzene rings is 1. The highest BCUT2D eigenvalue weighted by Gasteiger charge is 2.07. The highest BCUT2D eigenvalue weighted by Crippen LogP contribution is 2.21. The van der Waals surface area contributed by atoms with Gasteiger partial charge in [0.05, 0.1) is 0 Å². The molecule has 0 spiro atoms. The predicted molar refractivity (Wildman–Crippen MR) is 102 cm³/mol. The molecule has 23 heavy (non-hydrogen) atoms. The van der Waals surface area contributed by atoms with Gasteiger partial charge in [0, 0.05) is 23.6 Å². The van der Waals surface area contributed by atoms with Crippen molar-refractivity contribution < 1.29 is 0 Å². The molecule has 0 bridgehead atoms. The van der Waals surface area contributed by atoms with Crippen molar-refractivity contribution in [2.75, 3.05) is 19.6 Å². The summed E-state index contributed by atoms with van der Waals surface area (Å²) in [7, 11) is 0. The molecule has 1 aromatic heterocycles. The Balaban J connectivity index is 2.06. The van der Waals surface area contributed by atoms with Gasteiger partial charge in [-0.1, -0.05) is 37.6 Å². The van der Waals surface area contributed by atoms with Crippen molar-refractivity contribution in [1.82, 2.24) is 9.88 Å². The van der Waals surface area contributed by atoms with E-state index in [1.165, 1.54) is 53.5 Å². The van der Waals surface area contributed by atoms with E-state index >= 15 is 0 Å². The molecule has 0 radical (unpaired) electrons. The molecular formula is C21H32N2. The molecule has 1 aromatic carbocycles. The van der Waals surface area contributed by atoms with Crippen LogP contribution in [-0.2, 0) is 12.8 Å². The number of aromatic nitrogens is 1. The van der Waals surface area contributed by atoms with Gasteiger partial charge in [-0.05, 0) is 69.8 Å². The average molecular weight is 313 g/mol.